The normalized spacial score (nSPS) is 10.8. The van der Waals surface area contributed by atoms with Crippen molar-refractivity contribution in [1.29, 1.82) is 0 Å². The lowest BCUT2D eigenvalue weighted by molar-refractivity contribution is -0.921. The molecule has 1 amide bonds. The molecular weight excluding hydrogens is 348 g/mol. The highest BCUT2D eigenvalue weighted by Gasteiger charge is 2.19. The summed E-state index contributed by atoms with van der Waals surface area (Å²) in [4.78, 5) is 13.6. The number of nitrogens with one attached hydrogen (secondary N) is 2. The summed E-state index contributed by atoms with van der Waals surface area (Å²) < 4.78 is 21.4. The number of anilines is 1. The van der Waals surface area contributed by atoms with Crippen molar-refractivity contribution < 1.29 is 28.0 Å². The van der Waals surface area contributed by atoms with Gasteiger partial charge in [0, 0.05) is 6.07 Å². The highest BCUT2D eigenvalue weighted by atomic mass is 16.5. The first-order valence-corrected chi connectivity index (χ1v) is 8.58. The van der Waals surface area contributed by atoms with E-state index in [9.17, 15) is 4.79 Å². The van der Waals surface area contributed by atoms with Crippen molar-refractivity contribution in [3.8, 4) is 11.5 Å². The molecule has 0 saturated carbocycles. The second-order valence-corrected chi connectivity index (χ2v) is 6.05. The quantitative estimate of drug-likeness (QED) is 0.602. The van der Waals surface area contributed by atoms with Crippen molar-refractivity contribution in [2.45, 2.75) is 13.1 Å². The Bertz CT molecular complexity index is 807. The second kappa shape index (κ2) is 8.95. The standard InChI is InChI=1S/C20H22N2O5/c1-24-15-7-8-18(19(11-15)25-2)21-20(23)14-22(12-16-5-3-9-26-16)13-17-6-4-10-27-17/h3-11H,12-14H2,1-2H3,(H,21,23)/p+1. The maximum Gasteiger partial charge on any atom is 0.279 e. The van der Waals surface area contributed by atoms with Crippen molar-refractivity contribution in [1.82, 2.24) is 0 Å². The molecular formula is C20H23N2O5+. The Morgan fingerprint density at radius 2 is 1.67 bits per heavy atom. The molecule has 7 heteroatoms. The maximum absolute atomic E-state index is 12.6. The number of benzene rings is 1. The molecule has 0 radical (unpaired) electrons. The van der Waals surface area contributed by atoms with Crippen LogP contribution >= 0.6 is 0 Å². The summed E-state index contributed by atoms with van der Waals surface area (Å²) in [6.45, 7) is 1.39. The molecule has 7 nitrogen and oxygen atoms in total. The topological polar surface area (TPSA) is 78.3 Å². The molecule has 2 N–H and O–H groups in total. The molecule has 142 valence electrons. The van der Waals surface area contributed by atoms with Gasteiger partial charge in [-0.1, -0.05) is 0 Å². The average Bonchev–Trinajstić information content (AvgIpc) is 3.36. The zero-order valence-electron chi connectivity index (χ0n) is 15.4. The summed E-state index contributed by atoms with van der Waals surface area (Å²) in [5.41, 5.74) is 0.596. The first kappa shape index (κ1) is 18.6. The van der Waals surface area contributed by atoms with Gasteiger partial charge in [0.05, 0.1) is 32.4 Å². The van der Waals surface area contributed by atoms with Crippen LogP contribution in [0.5, 0.6) is 11.5 Å². The zero-order chi connectivity index (χ0) is 19.1. The van der Waals surface area contributed by atoms with Gasteiger partial charge in [0.25, 0.3) is 5.91 Å². The fraction of sp³-hybridized carbons (Fsp3) is 0.250. The third kappa shape index (κ3) is 5.15. The summed E-state index contributed by atoms with van der Waals surface area (Å²) in [7, 11) is 3.13. The summed E-state index contributed by atoms with van der Waals surface area (Å²) in [5.74, 6) is 2.69. The van der Waals surface area contributed by atoms with Crippen LogP contribution in [0.1, 0.15) is 11.5 Å². The van der Waals surface area contributed by atoms with Crippen LogP contribution in [-0.2, 0) is 17.9 Å². The van der Waals surface area contributed by atoms with Gasteiger partial charge in [-0.05, 0) is 36.4 Å². The highest BCUT2D eigenvalue weighted by molar-refractivity contribution is 5.93. The van der Waals surface area contributed by atoms with Crippen LogP contribution in [0, 0.1) is 0 Å². The number of amides is 1. The van der Waals surface area contributed by atoms with E-state index in [1.807, 2.05) is 24.3 Å². The molecule has 0 spiro atoms. The van der Waals surface area contributed by atoms with Gasteiger partial charge in [-0.15, -0.1) is 0 Å². The van der Waals surface area contributed by atoms with Crippen molar-refractivity contribution in [2.75, 3.05) is 26.1 Å². The van der Waals surface area contributed by atoms with Gasteiger partial charge < -0.3 is 28.5 Å². The lowest BCUT2D eigenvalue weighted by atomic mass is 10.2. The maximum atomic E-state index is 12.6. The van der Waals surface area contributed by atoms with Gasteiger partial charge in [-0.3, -0.25) is 4.79 Å². The van der Waals surface area contributed by atoms with E-state index in [1.54, 1.807) is 44.9 Å². The minimum Gasteiger partial charge on any atom is -0.497 e. The number of furan rings is 2. The first-order chi connectivity index (χ1) is 13.2. The number of carbonyl (C=O) groups excluding carboxylic acids is 1. The van der Waals surface area contributed by atoms with Crippen molar-refractivity contribution in [3.05, 3.63) is 66.5 Å². The molecule has 2 heterocycles. The van der Waals surface area contributed by atoms with Gasteiger partial charge in [0.15, 0.2) is 18.1 Å². The van der Waals surface area contributed by atoms with Crippen LogP contribution in [0.15, 0.2) is 63.8 Å². The summed E-state index contributed by atoms with van der Waals surface area (Å²) in [6.07, 6.45) is 3.25. The number of hydrogen-bond acceptors (Lipinski definition) is 5. The van der Waals surface area contributed by atoms with E-state index in [-0.39, 0.29) is 12.5 Å². The number of carbonyl (C=O) groups is 1. The van der Waals surface area contributed by atoms with E-state index < -0.39 is 0 Å². The average molecular weight is 371 g/mol. The number of rotatable bonds is 9. The number of quaternary nitrogens is 1. The molecule has 0 bridgehead atoms. The minimum atomic E-state index is -0.133. The predicted molar refractivity (Wildman–Crippen MR) is 98.8 cm³/mol. The second-order valence-electron chi connectivity index (χ2n) is 6.05. The largest absolute Gasteiger partial charge is 0.497 e. The molecule has 2 aromatic heterocycles. The SMILES string of the molecule is COc1ccc(NC(=O)C[NH+](Cc2ccco2)Cc2ccco2)c(OC)c1. The van der Waals surface area contributed by atoms with Crippen LogP contribution in [0.25, 0.3) is 0 Å². The van der Waals surface area contributed by atoms with E-state index >= 15 is 0 Å². The van der Waals surface area contributed by atoms with E-state index in [0.717, 1.165) is 16.4 Å². The lowest BCUT2D eigenvalue weighted by Crippen LogP contribution is -3.10. The first-order valence-electron chi connectivity index (χ1n) is 8.58. The van der Waals surface area contributed by atoms with E-state index in [2.05, 4.69) is 5.32 Å². The summed E-state index contributed by atoms with van der Waals surface area (Å²) >= 11 is 0. The van der Waals surface area contributed by atoms with Crippen LogP contribution in [-0.4, -0.2) is 26.7 Å². The fourth-order valence-corrected chi connectivity index (χ4v) is 2.83. The molecule has 0 saturated heterocycles. The molecule has 0 unspecified atom stereocenters. The number of ether oxygens (including phenoxy) is 2. The lowest BCUT2D eigenvalue weighted by Gasteiger charge is -2.18. The Hall–Kier alpha value is -3.19. The van der Waals surface area contributed by atoms with Gasteiger partial charge >= 0.3 is 0 Å². The van der Waals surface area contributed by atoms with Crippen molar-refractivity contribution >= 4 is 11.6 Å². The van der Waals surface area contributed by atoms with E-state index in [0.29, 0.717) is 30.3 Å². The molecule has 1 aromatic carbocycles. The minimum absolute atomic E-state index is 0.133. The number of methoxy groups -OCH3 is 2. The van der Waals surface area contributed by atoms with Gasteiger partial charge in [-0.2, -0.15) is 0 Å². The van der Waals surface area contributed by atoms with Gasteiger partial charge in [0.2, 0.25) is 0 Å². The molecule has 3 rings (SSSR count). The van der Waals surface area contributed by atoms with Crippen molar-refractivity contribution in [3.63, 3.8) is 0 Å². The van der Waals surface area contributed by atoms with Crippen LogP contribution in [0.3, 0.4) is 0 Å². The molecule has 0 aliphatic carbocycles. The Kier molecular flexibility index (Phi) is 6.17. The van der Waals surface area contributed by atoms with Crippen LogP contribution in [0.4, 0.5) is 5.69 Å². The summed E-state index contributed by atoms with van der Waals surface area (Å²) in [6, 6.07) is 12.7. The van der Waals surface area contributed by atoms with Crippen LogP contribution in [0.2, 0.25) is 0 Å². The van der Waals surface area contributed by atoms with Crippen LogP contribution < -0.4 is 19.7 Å². The highest BCUT2D eigenvalue weighted by Crippen LogP contribution is 2.28. The Morgan fingerprint density at radius 1 is 1.00 bits per heavy atom. The molecule has 3 aromatic rings. The van der Waals surface area contributed by atoms with Gasteiger partial charge in [-0.25, -0.2) is 0 Å². The third-order valence-corrected chi connectivity index (χ3v) is 4.10. The molecule has 0 aliphatic rings. The van der Waals surface area contributed by atoms with Crippen molar-refractivity contribution in [2.24, 2.45) is 0 Å². The third-order valence-electron chi connectivity index (χ3n) is 4.10. The zero-order valence-corrected chi connectivity index (χ0v) is 15.4. The molecule has 0 aliphatic heterocycles. The predicted octanol–water partition coefficient (Wildman–Crippen LogP) is 2.11. The van der Waals surface area contributed by atoms with E-state index in [1.165, 1.54) is 0 Å². The smallest absolute Gasteiger partial charge is 0.279 e. The number of hydrogen-bond donors (Lipinski definition) is 2. The monoisotopic (exact) mass is 371 g/mol. The Balaban J connectivity index is 1.68. The Labute approximate surface area is 157 Å². The molecule has 27 heavy (non-hydrogen) atoms. The Morgan fingerprint density at radius 3 is 2.19 bits per heavy atom. The summed E-state index contributed by atoms with van der Waals surface area (Å²) in [5, 5.41) is 2.90. The fourth-order valence-electron chi connectivity index (χ4n) is 2.83. The molecule has 0 atom stereocenters. The van der Waals surface area contributed by atoms with Gasteiger partial charge in [0.1, 0.15) is 24.6 Å². The van der Waals surface area contributed by atoms with E-state index in [4.69, 9.17) is 18.3 Å². The molecule has 0 fully saturated rings.